The normalized spacial score (nSPS) is 11.0. The number of nitrogens with one attached hydrogen (secondary N) is 2. The molecule has 2 N–H and O–H groups in total. The van der Waals surface area contributed by atoms with Gasteiger partial charge in [-0.05, 0) is 25.1 Å². The summed E-state index contributed by atoms with van der Waals surface area (Å²) in [6.07, 6.45) is 1.66. The minimum atomic E-state index is -0.312. The summed E-state index contributed by atoms with van der Waals surface area (Å²) in [7, 11) is 1.80. The Hall–Kier alpha value is -3.54. The van der Waals surface area contributed by atoms with Crippen molar-refractivity contribution in [3.8, 4) is 5.69 Å². The van der Waals surface area contributed by atoms with Gasteiger partial charge in [-0.2, -0.15) is 0 Å². The van der Waals surface area contributed by atoms with Crippen molar-refractivity contribution in [2.45, 2.75) is 6.92 Å². The first-order valence-electron chi connectivity index (χ1n) is 8.29. The first-order chi connectivity index (χ1) is 12.6. The minimum Gasteiger partial charge on any atom is -0.360 e. The molecule has 0 aliphatic carbocycles. The molecule has 2 heterocycles. The third-order valence-electron chi connectivity index (χ3n) is 4.63. The third kappa shape index (κ3) is 2.43. The van der Waals surface area contributed by atoms with Gasteiger partial charge in [-0.3, -0.25) is 14.3 Å². The summed E-state index contributed by atoms with van der Waals surface area (Å²) < 4.78 is 3.28. The number of hydrogen-bond acceptors (Lipinski definition) is 2. The number of amides is 1. The van der Waals surface area contributed by atoms with E-state index in [1.807, 2.05) is 61.5 Å². The molecule has 0 saturated carbocycles. The Morgan fingerprint density at radius 2 is 1.73 bits per heavy atom. The fraction of sp³-hybridized carbons (Fsp3) is 0.100. The number of H-pyrrole nitrogens is 1. The number of carbonyl (C=O) groups is 1. The van der Waals surface area contributed by atoms with Gasteiger partial charge in [-0.25, -0.2) is 4.68 Å². The largest absolute Gasteiger partial charge is 0.360 e. The van der Waals surface area contributed by atoms with Gasteiger partial charge in [0, 0.05) is 24.1 Å². The molecule has 130 valence electrons. The summed E-state index contributed by atoms with van der Waals surface area (Å²) in [5.74, 6) is -0.312. The van der Waals surface area contributed by atoms with Gasteiger partial charge >= 0.3 is 0 Å². The predicted octanol–water partition coefficient (Wildman–Crippen LogP) is 3.22. The molecule has 2 aromatic carbocycles. The van der Waals surface area contributed by atoms with Gasteiger partial charge in [0.1, 0.15) is 5.69 Å². The maximum Gasteiger partial charge on any atom is 0.295 e. The van der Waals surface area contributed by atoms with Crippen LogP contribution in [-0.4, -0.2) is 20.3 Å². The molecule has 0 bridgehead atoms. The van der Waals surface area contributed by atoms with Crippen LogP contribution in [0.25, 0.3) is 16.6 Å². The lowest BCUT2D eigenvalue weighted by atomic mass is 10.1. The number of anilines is 1. The molecule has 0 fully saturated rings. The summed E-state index contributed by atoms with van der Waals surface area (Å²) in [6.45, 7) is 1.81. The van der Waals surface area contributed by atoms with Crippen molar-refractivity contribution in [2.75, 3.05) is 5.32 Å². The average molecular weight is 346 g/mol. The van der Waals surface area contributed by atoms with Crippen molar-refractivity contribution < 1.29 is 4.79 Å². The highest BCUT2D eigenvalue weighted by molar-refractivity contribution is 6.12. The molecular formula is C20H18N4O2. The van der Waals surface area contributed by atoms with Gasteiger partial charge in [-0.15, -0.1) is 0 Å². The molecule has 0 saturated heterocycles. The monoisotopic (exact) mass is 346 g/mol. The van der Waals surface area contributed by atoms with Crippen LogP contribution in [0.4, 0.5) is 5.69 Å². The highest BCUT2D eigenvalue weighted by Crippen LogP contribution is 2.20. The van der Waals surface area contributed by atoms with Crippen LogP contribution in [0.2, 0.25) is 0 Å². The van der Waals surface area contributed by atoms with Crippen LogP contribution < -0.4 is 10.9 Å². The highest BCUT2D eigenvalue weighted by atomic mass is 16.2. The lowest BCUT2D eigenvalue weighted by Gasteiger charge is -2.07. The van der Waals surface area contributed by atoms with Gasteiger partial charge < -0.3 is 10.3 Å². The number of rotatable bonds is 3. The number of nitrogens with zero attached hydrogens (tertiary/aromatic N) is 2. The quantitative estimate of drug-likeness (QED) is 0.598. The van der Waals surface area contributed by atoms with E-state index in [2.05, 4.69) is 10.3 Å². The topological polar surface area (TPSA) is 71.8 Å². The van der Waals surface area contributed by atoms with E-state index in [9.17, 15) is 9.59 Å². The fourth-order valence-electron chi connectivity index (χ4n) is 3.15. The van der Waals surface area contributed by atoms with Crippen molar-refractivity contribution in [2.24, 2.45) is 7.05 Å². The summed E-state index contributed by atoms with van der Waals surface area (Å²) in [6, 6.07) is 16.9. The molecule has 0 aliphatic heterocycles. The van der Waals surface area contributed by atoms with Gasteiger partial charge in [0.2, 0.25) is 0 Å². The van der Waals surface area contributed by atoms with E-state index in [0.29, 0.717) is 11.3 Å². The van der Waals surface area contributed by atoms with Gasteiger partial charge in [0.05, 0.1) is 16.9 Å². The minimum absolute atomic E-state index is 0.260. The van der Waals surface area contributed by atoms with E-state index in [1.54, 1.807) is 22.6 Å². The molecule has 6 heteroatoms. The molecule has 4 rings (SSSR count). The summed E-state index contributed by atoms with van der Waals surface area (Å²) >= 11 is 0. The Balaban J connectivity index is 1.75. The van der Waals surface area contributed by atoms with Crippen molar-refractivity contribution >= 4 is 22.5 Å². The van der Waals surface area contributed by atoms with Crippen molar-refractivity contribution in [3.63, 3.8) is 0 Å². The molecule has 1 amide bonds. The molecule has 0 aliphatic rings. The summed E-state index contributed by atoms with van der Waals surface area (Å²) in [5, 5.41) is 3.61. The Labute approximate surface area is 149 Å². The number of fused-ring (bicyclic) bond motifs is 1. The summed E-state index contributed by atoms with van der Waals surface area (Å²) in [4.78, 5) is 28.7. The Kier molecular flexibility index (Phi) is 3.73. The second kappa shape index (κ2) is 6.07. The van der Waals surface area contributed by atoms with Gasteiger partial charge in [0.25, 0.3) is 11.5 Å². The molecule has 0 spiro atoms. The van der Waals surface area contributed by atoms with E-state index in [-0.39, 0.29) is 17.2 Å². The van der Waals surface area contributed by atoms with E-state index < -0.39 is 0 Å². The van der Waals surface area contributed by atoms with Crippen molar-refractivity contribution in [1.29, 1.82) is 0 Å². The zero-order chi connectivity index (χ0) is 18.3. The first kappa shape index (κ1) is 16.0. The Morgan fingerprint density at radius 3 is 2.50 bits per heavy atom. The molecule has 6 nitrogen and oxygen atoms in total. The molecule has 0 radical (unpaired) electrons. The van der Waals surface area contributed by atoms with E-state index in [4.69, 9.17) is 0 Å². The van der Waals surface area contributed by atoms with Crippen molar-refractivity contribution in [3.05, 3.63) is 82.4 Å². The second-order valence-electron chi connectivity index (χ2n) is 6.14. The predicted molar refractivity (Wildman–Crippen MR) is 102 cm³/mol. The van der Waals surface area contributed by atoms with Crippen molar-refractivity contribution in [1.82, 2.24) is 14.3 Å². The molecule has 4 aromatic rings. The number of para-hydroxylation sites is 2. The lowest BCUT2D eigenvalue weighted by Crippen LogP contribution is -2.22. The smallest absolute Gasteiger partial charge is 0.295 e. The summed E-state index contributed by atoms with van der Waals surface area (Å²) in [5.41, 5.74) is 2.84. The number of benzene rings is 2. The van der Waals surface area contributed by atoms with Crippen LogP contribution in [0, 0.1) is 6.92 Å². The molecule has 0 atom stereocenters. The van der Waals surface area contributed by atoms with E-state index in [1.165, 1.54) is 0 Å². The first-order valence-corrected chi connectivity index (χ1v) is 8.29. The fourth-order valence-corrected chi connectivity index (χ4v) is 3.15. The maximum absolute atomic E-state index is 12.9. The van der Waals surface area contributed by atoms with Crippen LogP contribution in [-0.2, 0) is 7.05 Å². The zero-order valence-corrected chi connectivity index (χ0v) is 14.5. The number of carbonyl (C=O) groups excluding carboxylic acids is 1. The van der Waals surface area contributed by atoms with Crippen LogP contribution in [0.1, 0.15) is 16.1 Å². The Morgan fingerprint density at radius 1 is 1.04 bits per heavy atom. The van der Waals surface area contributed by atoms with Crippen LogP contribution in [0.15, 0.2) is 65.6 Å². The number of aromatic amines is 1. The highest BCUT2D eigenvalue weighted by Gasteiger charge is 2.20. The maximum atomic E-state index is 12.9. The van der Waals surface area contributed by atoms with Crippen LogP contribution in [0.3, 0.4) is 0 Å². The van der Waals surface area contributed by atoms with E-state index in [0.717, 1.165) is 16.6 Å². The van der Waals surface area contributed by atoms with Crippen LogP contribution in [0.5, 0.6) is 0 Å². The van der Waals surface area contributed by atoms with Gasteiger partial charge in [-0.1, -0.05) is 36.4 Å². The number of aromatic nitrogens is 3. The third-order valence-corrected chi connectivity index (χ3v) is 4.63. The van der Waals surface area contributed by atoms with Gasteiger partial charge in [0.15, 0.2) is 0 Å². The lowest BCUT2D eigenvalue weighted by molar-refractivity contribution is 0.102. The average Bonchev–Trinajstić information content (AvgIpc) is 3.18. The molecule has 2 aromatic heterocycles. The number of hydrogen-bond donors (Lipinski definition) is 2. The standard InChI is InChI=1S/C20H18N4O2/c1-13-18(20(26)24(23(13)2)14-8-4-3-5-9-14)22-19(25)16-12-21-17-11-7-6-10-15(16)17/h3-12,21H,1-2H3,(H,22,25). The SMILES string of the molecule is Cc1c(NC(=O)c2c[nH]c3ccccc23)c(=O)n(-c2ccccc2)n1C. The second-order valence-corrected chi connectivity index (χ2v) is 6.14. The molecule has 26 heavy (non-hydrogen) atoms. The zero-order valence-electron chi connectivity index (χ0n) is 14.5. The van der Waals surface area contributed by atoms with E-state index >= 15 is 0 Å². The molecule has 0 unspecified atom stereocenters. The van der Waals surface area contributed by atoms with Crippen LogP contribution >= 0.6 is 0 Å². The Bertz CT molecular complexity index is 1170. The molecular weight excluding hydrogens is 328 g/mol.